The van der Waals surface area contributed by atoms with Crippen LogP contribution in [0.4, 0.5) is 0 Å². The maximum Gasteiger partial charge on any atom is 0.220 e. The highest BCUT2D eigenvalue weighted by Gasteiger charge is 2.05. The molecule has 0 radical (unpaired) electrons. The first-order valence-electron chi connectivity index (χ1n) is 13.9. The highest BCUT2D eigenvalue weighted by atomic mass is 33.1. The van der Waals surface area contributed by atoms with E-state index in [1.54, 1.807) is 21.6 Å². The molecule has 1 unspecified atom stereocenters. The van der Waals surface area contributed by atoms with Gasteiger partial charge in [0.05, 0.1) is 12.7 Å². The lowest BCUT2D eigenvalue weighted by Gasteiger charge is -2.07. The Labute approximate surface area is 239 Å². The number of carbonyl (C=O) groups excluding carboxylic acids is 2. The third-order valence-corrected chi connectivity index (χ3v) is 7.59. The molecule has 2 amide bonds. The van der Waals surface area contributed by atoms with Crippen molar-refractivity contribution in [1.29, 1.82) is 0 Å². The molecule has 0 fully saturated rings. The van der Waals surface area contributed by atoms with Gasteiger partial charge in [-0.25, -0.2) is 0 Å². The van der Waals surface area contributed by atoms with Gasteiger partial charge in [-0.2, -0.15) is 0 Å². The summed E-state index contributed by atoms with van der Waals surface area (Å²) in [6.07, 6.45) is 29.8. The number of aliphatic hydroxyl groups is 2. The minimum Gasteiger partial charge on any atom is -0.394 e. The Hall–Kier alpha value is -1.74. The Morgan fingerprint density at radius 1 is 0.711 bits per heavy atom. The van der Waals surface area contributed by atoms with Crippen molar-refractivity contribution in [1.82, 2.24) is 10.6 Å². The molecule has 6 nitrogen and oxygen atoms in total. The van der Waals surface area contributed by atoms with E-state index in [0.717, 1.165) is 56.5 Å². The van der Waals surface area contributed by atoms with Gasteiger partial charge in [0.2, 0.25) is 11.8 Å². The molecule has 0 aromatic heterocycles. The molecule has 1 atom stereocenters. The number of nitrogens with one attached hydrogen (secondary N) is 2. The van der Waals surface area contributed by atoms with E-state index in [9.17, 15) is 14.7 Å². The Bertz CT molecular complexity index is 721. The molecule has 0 aliphatic rings. The van der Waals surface area contributed by atoms with Gasteiger partial charge in [-0.3, -0.25) is 9.59 Å². The van der Waals surface area contributed by atoms with Crippen LogP contribution in [0.25, 0.3) is 0 Å². The van der Waals surface area contributed by atoms with Crippen LogP contribution >= 0.6 is 21.6 Å². The molecule has 0 saturated heterocycles. The molecular weight excluding hydrogens is 516 g/mol. The highest BCUT2D eigenvalue weighted by molar-refractivity contribution is 8.76. The predicted molar refractivity (Wildman–Crippen MR) is 166 cm³/mol. The molecule has 0 spiro atoms. The van der Waals surface area contributed by atoms with Crippen LogP contribution in [0.2, 0.25) is 0 Å². The highest BCUT2D eigenvalue weighted by Crippen LogP contribution is 2.19. The van der Waals surface area contributed by atoms with Crippen molar-refractivity contribution in [2.45, 2.75) is 83.7 Å². The van der Waals surface area contributed by atoms with E-state index in [1.165, 1.54) is 0 Å². The monoisotopic (exact) mass is 566 g/mol. The normalized spacial score (nSPS) is 13.0. The summed E-state index contributed by atoms with van der Waals surface area (Å²) in [6.45, 7) is 3.13. The first kappa shape index (κ1) is 36.3. The lowest BCUT2D eigenvalue weighted by Crippen LogP contribution is -2.26. The number of aliphatic hydroxyl groups excluding tert-OH is 2. The van der Waals surface area contributed by atoms with Crippen LogP contribution in [0.15, 0.2) is 60.8 Å². The van der Waals surface area contributed by atoms with Crippen LogP contribution in [0.3, 0.4) is 0 Å². The van der Waals surface area contributed by atoms with Gasteiger partial charge < -0.3 is 20.8 Å². The molecule has 0 rings (SSSR count). The summed E-state index contributed by atoms with van der Waals surface area (Å²) in [5.41, 5.74) is 0. The summed E-state index contributed by atoms with van der Waals surface area (Å²) < 4.78 is 0. The molecule has 0 heterocycles. The molecule has 0 aromatic rings. The molecule has 0 bridgehead atoms. The van der Waals surface area contributed by atoms with E-state index in [2.05, 4.69) is 78.3 Å². The summed E-state index contributed by atoms with van der Waals surface area (Å²) in [5.74, 6) is 1.70. The third kappa shape index (κ3) is 28.8. The zero-order valence-corrected chi connectivity index (χ0v) is 24.8. The molecule has 216 valence electrons. The molecule has 4 N–H and O–H groups in total. The number of hydrogen-bond donors (Lipinski definition) is 4. The zero-order chi connectivity index (χ0) is 27.9. The number of amides is 2. The van der Waals surface area contributed by atoms with Gasteiger partial charge in [-0.15, -0.1) is 0 Å². The molecule has 8 heteroatoms. The maximum absolute atomic E-state index is 11.9. The van der Waals surface area contributed by atoms with Crippen LogP contribution < -0.4 is 10.6 Å². The molecule has 0 saturated carbocycles. The molecule has 0 aromatic carbocycles. The lowest BCUT2D eigenvalue weighted by atomic mass is 10.1. The Morgan fingerprint density at radius 2 is 1.16 bits per heavy atom. The second kappa shape index (κ2) is 29.8. The van der Waals surface area contributed by atoms with E-state index >= 15 is 0 Å². The summed E-state index contributed by atoms with van der Waals surface area (Å²) in [6, 6.07) is 0. The summed E-state index contributed by atoms with van der Waals surface area (Å²) in [4.78, 5) is 23.6. The quantitative estimate of drug-likeness (QED) is 0.0611. The Balaban J connectivity index is 3.48. The Kier molecular flexibility index (Phi) is 28.4. The summed E-state index contributed by atoms with van der Waals surface area (Å²) in [5, 5.41) is 23.8. The van der Waals surface area contributed by atoms with Crippen LogP contribution in [-0.2, 0) is 9.59 Å². The molecule has 38 heavy (non-hydrogen) atoms. The number of unbranched alkanes of at least 4 members (excludes halogenated alkanes) is 1. The van der Waals surface area contributed by atoms with Gasteiger partial charge in [0.15, 0.2) is 0 Å². The summed E-state index contributed by atoms with van der Waals surface area (Å²) >= 11 is 0. The van der Waals surface area contributed by atoms with E-state index in [4.69, 9.17) is 5.11 Å². The van der Waals surface area contributed by atoms with Crippen molar-refractivity contribution < 1.29 is 19.8 Å². The van der Waals surface area contributed by atoms with Gasteiger partial charge in [-0.05, 0) is 57.8 Å². The van der Waals surface area contributed by atoms with Crippen molar-refractivity contribution in [2.75, 3.05) is 31.2 Å². The third-order valence-electron chi connectivity index (χ3n) is 5.18. The van der Waals surface area contributed by atoms with Gasteiger partial charge in [0, 0.05) is 37.4 Å². The SMILES string of the molecule is CC/C=C\C/C=C\C/C=C\C/C=C\C/C=C\CCCC(=O)NCCSSCCNC(=O)CCCC(O)CO. The van der Waals surface area contributed by atoms with E-state index in [1.807, 2.05) is 0 Å². The second-order valence-electron chi connectivity index (χ2n) is 8.67. The van der Waals surface area contributed by atoms with Crippen LogP contribution in [-0.4, -0.2) is 59.3 Å². The van der Waals surface area contributed by atoms with Crippen LogP contribution in [0.5, 0.6) is 0 Å². The van der Waals surface area contributed by atoms with Crippen molar-refractivity contribution >= 4 is 33.4 Å². The minimum absolute atomic E-state index is 0.0300. The van der Waals surface area contributed by atoms with E-state index in [-0.39, 0.29) is 18.4 Å². The topological polar surface area (TPSA) is 98.7 Å². The lowest BCUT2D eigenvalue weighted by molar-refractivity contribution is -0.121. The summed E-state index contributed by atoms with van der Waals surface area (Å²) in [7, 11) is 3.36. The zero-order valence-electron chi connectivity index (χ0n) is 23.2. The second-order valence-corrected chi connectivity index (χ2v) is 11.4. The maximum atomic E-state index is 11.9. The van der Waals surface area contributed by atoms with Gasteiger partial charge >= 0.3 is 0 Å². The molecule has 0 aliphatic carbocycles. The fourth-order valence-corrected chi connectivity index (χ4v) is 4.91. The fraction of sp³-hybridized carbons (Fsp3) is 0.600. The van der Waals surface area contributed by atoms with Crippen molar-refractivity contribution in [3.05, 3.63) is 60.8 Å². The largest absolute Gasteiger partial charge is 0.394 e. The van der Waals surface area contributed by atoms with Crippen molar-refractivity contribution in [2.24, 2.45) is 0 Å². The number of hydrogen-bond acceptors (Lipinski definition) is 6. The smallest absolute Gasteiger partial charge is 0.220 e. The molecule has 0 aliphatic heterocycles. The first-order chi connectivity index (χ1) is 18.6. The number of carbonyl (C=O) groups is 2. The van der Waals surface area contributed by atoms with Crippen molar-refractivity contribution in [3.8, 4) is 0 Å². The predicted octanol–water partition coefficient (Wildman–Crippen LogP) is 6.05. The molecular formula is C30H50N2O4S2. The van der Waals surface area contributed by atoms with Crippen LogP contribution in [0.1, 0.15) is 77.6 Å². The first-order valence-corrected chi connectivity index (χ1v) is 16.4. The van der Waals surface area contributed by atoms with Crippen molar-refractivity contribution in [3.63, 3.8) is 0 Å². The van der Waals surface area contributed by atoms with E-state index < -0.39 is 6.10 Å². The Morgan fingerprint density at radius 3 is 1.63 bits per heavy atom. The minimum atomic E-state index is -0.737. The number of rotatable bonds is 25. The van der Waals surface area contributed by atoms with Gasteiger partial charge in [0.25, 0.3) is 0 Å². The average Bonchev–Trinajstić information content (AvgIpc) is 2.91. The average molecular weight is 567 g/mol. The van der Waals surface area contributed by atoms with Crippen LogP contribution in [0, 0.1) is 0 Å². The van der Waals surface area contributed by atoms with E-state index in [0.29, 0.717) is 38.8 Å². The standard InChI is InChI=1S/C30H50N2O4S2/c1-2-3-4-5-6-7-8-9-10-11-12-13-14-15-16-17-18-21-29(35)31-23-25-37-38-26-24-32-30(36)22-19-20-28(34)27-33/h3-4,6-7,9-10,12-13,15-16,28,33-34H,2,5,8,11,14,17-27H2,1H3,(H,31,35)(H,32,36)/b4-3-,7-6-,10-9-,13-12-,16-15-. The number of allylic oxidation sites excluding steroid dienone is 10. The van der Waals surface area contributed by atoms with Gasteiger partial charge in [0.1, 0.15) is 0 Å². The van der Waals surface area contributed by atoms with Gasteiger partial charge in [-0.1, -0.05) is 89.3 Å². The fourth-order valence-electron chi connectivity index (χ4n) is 3.10.